The van der Waals surface area contributed by atoms with Gasteiger partial charge in [-0.15, -0.1) is 11.6 Å². The standard InChI is InChI=1S/C25H29Cl2N7O2/c1-16(4-5-17(2)34-12-10-33(3)11-13-34)29-25-31-23-22(20(27)15-28-23)24(32-25)36-19-8-6-18(7-9-19)30-21(35)14-26/h4-9,15H,10-14H2,1-3H3,(H,30,35)(H2,28,29,31,32)/b16-4+,17-5+. The number of piperazine rings is 1. The van der Waals surface area contributed by atoms with Crippen molar-refractivity contribution in [3.63, 3.8) is 0 Å². The number of nitrogens with zero attached hydrogens (tertiary/aromatic N) is 4. The zero-order chi connectivity index (χ0) is 25.7. The molecule has 2 aromatic heterocycles. The second-order valence-corrected chi connectivity index (χ2v) is 9.27. The zero-order valence-electron chi connectivity index (χ0n) is 20.4. The van der Waals surface area contributed by atoms with Crippen molar-refractivity contribution in [2.24, 2.45) is 0 Å². The number of hydrogen-bond donors (Lipinski definition) is 3. The number of carbonyl (C=O) groups is 1. The molecule has 0 aliphatic carbocycles. The fourth-order valence-corrected chi connectivity index (χ4v) is 4.03. The number of hydrogen-bond acceptors (Lipinski definition) is 7. The van der Waals surface area contributed by atoms with Crippen molar-refractivity contribution in [1.82, 2.24) is 24.8 Å². The molecular weight excluding hydrogens is 501 g/mol. The molecular formula is C25H29Cl2N7O2. The summed E-state index contributed by atoms with van der Waals surface area (Å²) in [7, 11) is 2.15. The van der Waals surface area contributed by atoms with Crippen LogP contribution in [0.1, 0.15) is 13.8 Å². The highest BCUT2D eigenvalue weighted by atomic mass is 35.5. The Morgan fingerprint density at radius 2 is 1.83 bits per heavy atom. The number of alkyl halides is 1. The number of aromatic amines is 1. The first-order chi connectivity index (χ1) is 17.3. The number of carbonyl (C=O) groups excluding carboxylic acids is 1. The van der Waals surface area contributed by atoms with Gasteiger partial charge in [-0.3, -0.25) is 4.79 Å². The molecule has 1 aliphatic rings. The van der Waals surface area contributed by atoms with Gasteiger partial charge >= 0.3 is 0 Å². The topological polar surface area (TPSA) is 98.4 Å². The number of ether oxygens (including phenoxy) is 1. The molecule has 3 N–H and O–H groups in total. The SMILES string of the molecule is C/C(=C\C=C(/C)N1CCN(C)CC1)Nc1nc(Oc2ccc(NC(=O)CCl)cc2)c2c(Cl)c[nH]c2n1. The maximum Gasteiger partial charge on any atom is 0.239 e. The van der Waals surface area contributed by atoms with E-state index in [1.54, 1.807) is 30.5 Å². The summed E-state index contributed by atoms with van der Waals surface area (Å²) in [6.07, 6.45) is 5.75. The molecule has 1 fully saturated rings. The van der Waals surface area contributed by atoms with E-state index in [0.717, 1.165) is 31.9 Å². The number of likely N-dealkylation sites (N-methyl/N-ethyl adjacent to an activating group) is 1. The predicted octanol–water partition coefficient (Wildman–Crippen LogP) is 5.05. The number of benzene rings is 1. The highest BCUT2D eigenvalue weighted by Gasteiger charge is 2.16. The number of allylic oxidation sites excluding steroid dienone is 4. The quantitative estimate of drug-likeness (QED) is 0.277. The van der Waals surface area contributed by atoms with Crippen molar-refractivity contribution in [2.45, 2.75) is 13.8 Å². The van der Waals surface area contributed by atoms with Gasteiger partial charge < -0.3 is 30.2 Å². The number of halogens is 2. The molecule has 36 heavy (non-hydrogen) atoms. The Morgan fingerprint density at radius 1 is 1.11 bits per heavy atom. The summed E-state index contributed by atoms with van der Waals surface area (Å²) in [5.41, 5.74) is 3.26. The van der Waals surface area contributed by atoms with Gasteiger partial charge in [0, 0.05) is 49.5 Å². The molecule has 0 saturated carbocycles. The fraction of sp³-hybridized carbons (Fsp3) is 0.320. The van der Waals surface area contributed by atoms with Crippen molar-refractivity contribution in [2.75, 3.05) is 49.7 Å². The first-order valence-corrected chi connectivity index (χ1v) is 12.5. The third kappa shape index (κ3) is 6.48. The van der Waals surface area contributed by atoms with Crippen LogP contribution in [0.2, 0.25) is 5.02 Å². The lowest BCUT2D eigenvalue weighted by Crippen LogP contribution is -2.43. The van der Waals surface area contributed by atoms with Crippen LogP contribution in [0.5, 0.6) is 11.6 Å². The summed E-state index contributed by atoms with van der Waals surface area (Å²) in [5.74, 6) is 0.817. The third-order valence-electron chi connectivity index (χ3n) is 5.81. The smallest absolute Gasteiger partial charge is 0.239 e. The molecule has 9 nitrogen and oxygen atoms in total. The van der Waals surface area contributed by atoms with Gasteiger partial charge in [-0.05, 0) is 57.3 Å². The van der Waals surface area contributed by atoms with Crippen LogP contribution in [0.15, 0.2) is 54.0 Å². The Kier molecular flexibility index (Phi) is 8.35. The molecule has 11 heteroatoms. The van der Waals surface area contributed by atoms with E-state index in [0.29, 0.717) is 39.3 Å². The Morgan fingerprint density at radius 3 is 2.53 bits per heavy atom. The monoisotopic (exact) mass is 529 g/mol. The number of fused-ring (bicyclic) bond motifs is 1. The van der Waals surface area contributed by atoms with E-state index in [-0.39, 0.29) is 11.8 Å². The van der Waals surface area contributed by atoms with E-state index in [4.69, 9.17) is 27.9 Å². The first kappa shape index (κ1) is 25.8. The molecule has 1 amide bonds. The van der Waals surface area contributed by atoms with Crippen LogP contribution in [-0.4, -0.2) is 69.8 Å². The van der Waals surface area contributed by atoms with Crippen LogP contribution in [-0.2, 0) is 4.79 Å². The summed E-state index contributed by atoms with van der Waals surface area (Å²) in [5, 5.41) is 6.95. The molecule has 1 aliphatic heterocycles. The van der Waals surface area contributed by atoms with Crippen LogP contribution < -0.4 is 15.4 Å². The highest BCUT2D eigenvalue weighted by molar-refractivity contribution is 6.35. The zero-order valence-corrected chi connectivity index (χ0v) is 22.0. The summed E-state index contributed by atoms with van der Waals surface area (Å²) in [6, 6.07) is 6.89. The Hall–Kier alpha value is -3.27. The lowest BCUT2D eigenvalue weighted by molar-refractivity contribution is -0.113. The van der Waals surface area contributed by atoms with Gasteiger partial charge in [0.15, 0.2) is 0 Å². The van der Waals surface area contributed by atoms with Gasteiger partial charge in [-0.1, -0.05) is 11.6 Å². The van der Waals surface area contributed by atoms with E-state index in [9.17, 15) is 4.79 Å². The molecule has 0 unspecified atom stereocenters. The van der Waals surface area contributed by atoms with Gasteiger partial charge in [0.25, 0.3) is 0 Å². The molecule has 0 atom stereocenters. The molecule has 3 heterocycles. The summed E-state index contributed by atoms with van der Waals surface area (Å²) in [4.78, 5) is 28.4. The van der Waals surface area contributed by atoms with Crippen LogP contribution in [0.25, 0.3) is 11.0 Å². The summed E-state index contributed by atoms with van der Waals surface area (Å²) in [6.45, 7) is 8.24. The minimum atomic E-state index is -0.283. The van der Waals surface area contributed by atoms with Crippen LogP contribution in [0.4, 0.5) is 11.6 Å². The highest BCUT2D eigenvalue weighted by Crippen LogP contribution is 2.34. The van der Waals surface area contributed by atoms with Crippen LogP contribution in [0, 0.1) is 0 Å². The number of nitrogens with one attached hydrogen (secondary N) is 3. The van der Waals surface area contributed by atoms with Crippen LogP contribution in [0.3, 0.4) is 0 Å². The maximum absolute atomic E-state index is 11.5. The predicted molar refractivity (Wildman–Crippen MR) is 145 cm³/mol. The van der Waals surface area contributed by atoms with Crippen LogP contribution >= 0.6 is 23.2 Å². The third-order valence-corrected chi connectivity index (χ3v) is 6.35. The van der Waals surface area contributed by atoms with Gasteiger partial charge in [0.05, 0.1) is 5.02 Å². The van der Waals surface area contributed by atoms with E-state index < -0.39 is 0 Å². The Bertz CT molecular complexity index is 1280. The van der Waals surface area contributed by atoms with Crippen molar-refractivity contribution < 1.29 is 9.53 Å². The second-order valence-electron chi connectivity index (χ2n) is 8.59. The van der Waals surface area contributed by atoms with E-state index in [1.165, 1.54) is 5.70 Å². The molecule has 1 aromatic carbocycles. The minimum Gasteiger partial charge on any atom is -0.438 e. The average Bonchev–Trinajstić information content (AvgIpc) is 3.24. The van der Waals surface area contributed by atoms with Crippen molar-refractivity contribution in [3.05, 3.63) is 59.0 Å². The van der Waals surface area contributed by atoms with Gasteiger partial charge in [0.2, 0.25) is 17.7 Å². The first-order valence-electron chi connectivity index (χ1n) is 11.6. The number of rotatable bonds is 8. The maximum atomic E-state index is 11.5. The lowest BCUT2D eigenvalue weighted by atomic mass is 10.2. The van der Waals surface area contributed by atoms with Crippen molar-refractivity contribution in [3.8, 4) is 11.6 Å². The molecule has 3 aromatic rings. The summed E-state index contributed by atoms with van der Waals surface area (Å²) >= 11 is 11.9. The minimum absolute atomic E-state index is 0.113. The molecule has 0 spiro atoms. The average molecular weight is 530 g/mol. The Balaban J connectivity index is 1.51. The van der Waals surface area contributed by atoms with Gasteiger partial charge in [-0.25, -0.2) is 0 Å². The molecule has 4 rings (SSSR count). The molecule has 0 bridgehead atoms. The van der Waals surface area contributed by atoms with Crippen molar-refractivity contribution in [1.29, 1.82) is 0 Å². The fourth-order valence-electron chi connectivity index (χ4n) is 3.73. The number of aromatic nitrogens is 3. The molecule has 0 radical (unpaired) electrons. The van der Waals surface area contributed by atoms with E-state index in [1.807, 2.05) is 13.0 Å². The number of H-pyrrole nitrogens is 1. The normalized spacial score (nSPS) is 15.3. The number of amides is 1. The molecule has 190 valence electrons. The van der Waals surface area contributed by atoms with Gasteiger partial charge in [0.1, 0.15) is 22.7 Å². The van der Waals surface area contributed by atoms with Crippen molar-refractivity contribution >= 4 is 51.8 Å². The number of anilines is 2. The van der Waals surface area contributed by atoms with E-state index in [2.05, 4.69) is 55.4 Å². The largest absolute Gasteiger partial charge is 0.438 e. The lowest BCUT2D eigenvalue weighted by Gasteiger charge is -2.34. The molecule has 1 saturated heterocycles. The Labute approximate surface area is 220 Å². The summed E-state index contributed by atoms with van der Waals surface area (Å²) < 4.78 is 6.05. The van der Waals surface area contributed by atoms with E-state index >= 15 is 0 Å². The van der Waals surface area contributed by atoms with Gasteiger partial charge in [-0.2, -0.15) is 9.97 Å². The second kappa shape index (κ2) is 11.6.